The van der Waals surface area contributed by atoms with Crippen LogP contribution in [-0.4, -0.2) is 22.6 Å². The standard InChI is InChI=1S/C21H21N3O2/c25-20(14-17-11-10-15-6-4-5-9-18(15)17)22-13-12-19-23-21(26-24-19)16-7-2-1-3-8-16/h1-9,17H,10-14H2,(H,22,25)/t17-/m0/s1. The molecular weight excluding hydrogens is 326 g/mol. The normalized spacial score (nSPS) is 15.6. The molecule has 132 valence electrons. The van der Waals surface area contributed by atoms with Crippen molar-refractivity contribution in [1.29, 1.82) is 0 Å². The molecule has 5 nitrogen and oxygen atoms in total. The van der Waals surface area contributed by atoms with E-state index in [0.29, 0.717) is 37.0 Å². The zero-order chi connectivity index (χ0) is 17.8. The molecule has 1 heterocycles. The van der Waals surface area contributed by atoms with Crippen molar-refractivity contribution in [3.05, 3.63) is 71.5 Å². The molecule has 1 aliphatic rings. The quantitative estimate of drug-likeness (QED) is 0.741. The van der Waals surface area contributed by atoms with E-state index >= 15 is 0 Å². The van der Waals surface area contributed by atoms with Crippen LogP contribution >= 0.6 is 0 Å². The van der Waals surface area contributed by atoms with Crippen LogP contribution in [-0.2, 0) is 17.6 Å². The number of carbonyl (C=O) groups is 1. The summed E-state index contributed by atoms with van der Waals surface area (Å²) in [5, 5.41) is 6.96. The number of hydrogen-bond donors (Lipinski definition) is 1. The predicted octanol–water partition coefficient (Wildman–Crippen LogP) is 3.52. The largest absolute Gasteiger partial charge is 0.356 e. The molecular formula is C21H21N3O2. The van der Waals surface area contributed by atoms with Gasteiger partial charge in [0.15, 0.2) is 5.82 Å². The van der Waals surface area contributed by atoms with Crippen molar-refractivity contribution in [2.75, 3.05) is 6.54 Å². The summed E-state index contributed by atoms with van der Waals surface area (Å²) in [5.74, 6) is 1.53. The van der Waals surface area contributed by atoms with E-state index in [9.17, 15) is 4.79 Å². The van der Waals surface area contributed by atoms with Gasteiger partial charge in [-0.3, -0.25) is 4.79 Å². The van der Waals surface area contributed by atoms with Crippen LogP contribution in [0.1, 0.15) is 35.7 Å². The molecule has 0 aliphatic heterocycles. The van der Waals surface area contributed by atoms with Gasteiger partial charge in [0.25, 0.3) is 5.89 Å². The Morgan fingerprint density at radius 3 is 2.81 bits per heavy atom. The SMILES string of the molecule is O=C(C[C@@H]1CCc2ccccc21)NCCc1noc(-c2ccccc2)n1. The van der Waals surface area contributed by atoms with E-state index in [1.807, 2.05) is 30.3 Å². The summed E-state index contributed by atoms with van der Waals surface area (Å²) >= 11 is 0. The minimum atomic E-state index is 0.0819. The fourth-order valence-electron chi connectivity index (χ4n) is 3.52. The first kappa shape index (κ1) is 16.5. The third kappa shape index (κ3) is 3.67. The first-order chi connectivity index (χ1) is 12.8. The summed E-state index contributed by atoms with van der Waals surface area (Å²) in [6.45, 7) is 0.515. The van der Waals surface area contributed by atoms with Gasteiger partial charge < -0.3 is 9.84 Å². The van der Waals surface area contributed by atoms with Gasteiger partial charge in [0.1, 0.15) is 0 Å². The Hall–Kier alpha value is -2.95. The minimum absolute atomic E-state index is 0.0819. The molecule has 0 radical (unpaired) electrons. The van der Waals surface area contributed by atoms with Crippen LogP contribution < -0.4 is 5.32 Å². The number of carbonyl (C=O) groups excluding carboxylic acids is 1. The number of amides is 1. The average molecular weight is 347 g/mol. The molecule has 1 atom stereocenters. The zero-order valence-corrected chi connectivity index (χ0v) is 14.5. The molecule has 0 spiro atoms. The highest BCUT2D eigenvalue weighted by atomic mass is 16.5. The Morgan fingerprint density at radius 1 is 1.12 bits per heavy atom. The highest BCUT2D eigenvalue weighted by Crippen LogP contribution is 2.35. The van der Waals surface area contributed by atoms with Gasteiger partial charge in [0.2, 0.25) is 5.91 Å². The summed E-state index contributed by atoms with van der Waals surface area (Å²) in [6.07, 6.45) is 3.22. The molecule has 26 heavy (non-hydrogen) atoms. The van der Waals surface area contributed by atoms with Gasteiger partial charge in [0, 0.05) is 24.9 Å². The first-order valence-corrected chi connectivity index (χ1v) is 9.02. The molecule has 3 aromatic rings. The highest BCUT2D eigenvalue weighted by Gasteiger charge is 2.24. The van der Waals surface area contributed by atoms with Gasteiger partial charge >= 0.3 is 0 Å². The van der Waals surface area contributed by atoms with E-state index in [2.05, 4.69) is 39.7 Å². The van der Waals surface area contributed by atoms with Crippen LogP contribution in [0.5, 0.6) is 0 Å². The second-order valence-corrected chi connectivity index (χ2v) is 6.62. The summed E-state index contributed by atoms with van der Waals surface area (Å²) in [7, 11) is 0. The molecule has 1 amide bonds. The summed E-state index contributed by atoms with van der Waals surface area (Å²) in [4.78, 5) is 16.6. The van der Waals surface area contributed by atoms with Crippen molar-refractivity contribution in [2.24, 2.45) is 0 Å². The maximum atomic E-state index is 12.3. The number of nitrogens with zero attached hydrogens (tertiary/aromatic N) is 2. The fourth-order valence-corrected chi connectivity index (χ4v) is 3.52. The second kappa shape index (κ2) is 7.52. The molecule has 5 heteroatoms. The topological polar surface area (TPSA) is 68.0 Å². The van der Waals surface area contributed by atoms with Crippen LogP contribution in [0.25, 0.3) is 11.5 Å². The zero-order valence-electron chi connectivity index (χ0n) is 14.5. The van der Waals surface area contributed by atoms with Gasteiger partial charge in [-0.2, -0.15) is 4.98 Å². The maximum Gasteiger partial charge on any atom is 0.257 e. The van der Waals surface area contributed by atoms with Gasteiger partial charge in [0.05, 0.1) is 0 Å². The van der Waals surface area contributed by atoms with E-state index in [1.165, 1.54) is 11.1 Å². The number of hydrogen-bond acceptors (Lipinski definition) is 4. The lowest BCUT2D eigenvalue weighted by Crippen LogP contribution is -2.27. The van der Waals surface area contributed by atoms with Crippen molar-refractivity contribution in [1.82, 2.24) is 15.5 Å². The maximum absolute atomic E-state index is 12.3. The van der Waals surface area contributed by atoms with Crippen molar-refractivity contribution in [3.63, 3.8) is 0 Å². The van der Waals surface area contributed by atoms with E-state index in [1.54, 1.807) is 0 Å². The Balaban J connectivity index is 1.26. The lowest BCUT2D eigenvalue weighted by atomic mass is 9.97. The lowest BCUT2D eigenvalue weighted by molar-refractivity contribution is -0.121. The summed E-state index contributed by atoms with van der Waals surface area (Å²) in [6, 6.07) is 18.1. The van der Waals surface area contributed by atoms with E-state index in [4.69, 9.17) is 4.52 Å². The van der Waals surface area contributed by atoms with Gasteiger partial charge in [-0.25, -0.2) is 0 Å². The molecule has 0 saturated heterocycles. The Kier molecular flexibility index (Phi) is 4.78. The van der Waals surface area contributed by atoms with Crippen LogP contribution in [0.4, 0.5) is 0 Å². The van der Waals surface area contributed by atoms with Crippen molar-refractivity contribution >= 4 is 5.91 Å². The smallest absolute Gasteiger partial charge is 0.257 e. The van der Waals surface area contributed by atoms with Crippen molar-refractivity contribution in [3.8, 4) is 11.5 Å². The molecule has 0 fully saturated rings. The third-order valence-corrected chi connectivity index (χ3v) is 4.85. The van der Waals surface area contributed by atoms with Gasteiger partial charge in [-0.1, -0.05) is 47.6 Å². The molecule has 2 aromatic carbocycles. The van der Waals surface area contributed by atoms with Gasteiger partial charge in [-0.05, 0) is 42.0 Å². The number of benzene rings is 2. The highest BCUT2D eigenvalue weighted by molar-refractivity contribution is 5.77. The molecule has 1 N–H and O–H groups in total. The Labute approximate surface area is 152 Å². The third-order valence-electron chi connectivity index (χ3n) is 4.85. The van der Waals surface area contributed by atoms with Crippen LogP contribution in [0.15, 0.2) is 59.1 Å². The fraction of sp³-hybridized carbons (Fsp3) is 0.286. The van der Waals surface area contributed by atoms with E-state index in [0.717, 1.165) is 18.4 Å². The van der Waals surface area contributed by atoms with E-state index in [-0.39, 0.29) is 5.91 Å². The number of aryl methyl sites for hydroxylation is 1. The molecule has 0 bridgehead atoms. The molecule has 1 aliphatic carbocycles. The van der Waals surface area contributed by atoms with E-state index < -0.39 is 0 Å². The second-order valence-electron chi connectivity index (χ2n) is 6.62. The molecule has 4 rings (SSSR count). The minimum Gasteiger partial charge on any atom is -0.356 e. The first-order valence-electron chi connectivity index (χ1n) is 9.02. The predicted molar refractivity (Wildman–Crippen MR) is 98.6 cm³/mol. The van der Waals surface area contributed by atoms with Gasteiger partial charge in [-0.15, -0.1) is 0 Å². The van der Waals surface area contributed by atoms with Crippen LogP contribution in [0.2, 0.25) is 0 Å². The molecule has 1 aromatic heterocycles. The summed E-state index contributed by atoms with van der Waals surface area (Å²) < 4.78 is 5.28. The average Bonchev–Trinajstić information content (AvgIpc) is 3.30. The lowest BCUT2D eigenvalue weighted by Gasteiger charge is -2.11. The monoisotopic (exact) mass is 347 g/mol. The number of rotatable bonds is 6. The van der Waals surface area contributed by atoms with Crippen LogP contribution in [0.3, 0.4) is 0 Å². The number of aromatic nitrogens is 2. The Morgan fingerprint density at radius 2 is 1.92 bits per heavy atom. The van der Waals surface area contributed by atoms with Crippen molar-refractivity contribution in [2.45, 2.75) is 31.6 Å². The molecule has 0 saturated carbocycles. The summed E-state index contributed by atoms with van der Waals surface area (Å²) in [5.41, 5.74) is 3.61. The number of nitrogens with one attached hydrogen (secondary N) is 1. The molecule has 0 unspecified atom stereocenters. The van der Waals surface area contributed by atoms with Crippen LogP contribution in [0, 0.1) is 0 Å². The Bertz CT molecular complexity index is 889. The number of fused-ring (bicyclic) bond motifs is 1. The van der Waals surface area contributed by atoms with Crippen molar-refractivity contribution < 1.29 is 9.32 Å².